The minimum absolute atomic E-state index is 0.00371. The summed E-state index contributed by atoms with van der Waals surface area (Å²) in [5.41, 5.74) is 0.624. The van der Waals surface area contributed by atoms with Gasteiger partial charge < -0.3 is 13.7 Å². The van der Waals surface area contributed by atoms with Crippen LogP contribution in [0.4, 0.5) is 0 Å². The van der Waals surface area contributed by atoms with E-state index in [0.29, 0.717) is 62.9 Å². The maximum Gasteiger partial charge on any atom is 0.276 e. The van der Waals surface area contributed by atoms with Gasteiger partial charge in [0, 0.05) is 39.3 Å². The molecule has 2 aliphatic rings. The minimum Gasteiger partial charge on any atom is -0.466 e. The molecule has 2 fully saturated rings. The number of aryl methyl sites for hydroxylation is 2. The highest BCUT2D eigenvalue weighted by Crippen LogP contribution is 2.24. The number of nitrogens with zero attached hydrogens (tertiary/aromatic N) is 3. The van der Waals surface area contributed by atoms with Gasteiger partial charge in [-0.2, -0.15) is 4.31 Å². The predicted molar refractivity (Wildman–Crippen MR) is 106 cm³/mol. The Morgan fingerprint density at radius 3 is 2.31 bits per heavy atom. The second-order valence-corrected chi connectivity index (χ2v) is 9.60. The Morgan fingerprint density at radius 2 is 1.69 bits per heavy atom. The number of hydrogen-bond donors (Lipinski definition) is 0. The molecule has 1 amide bonds. The summed E-state index contributed by atoms with van der Waals surface area (Å²) in [6, 6.07) is 5.07. The van der Waals surface area contributed by atoms with Crippen molar-refractivity contribution >= 4 is 15.9 Å². The van der Waals surface area contributed by atoms with Crippen molar-refractivity contribution in [2.45, 2.75) is 38.3 Å². The number of rotatable bonds is 5. The lowest BCUT2D eigenvalue weighted by molar-refractivity contribution is 0.0617. The van der Waals surface area contributed by atoms with Crippen LogP contribution in [0.1, 0.15) is 40.5 Å². The van der Waals surface area contributed by atoms with Gasteiger partial charge in [0.1, 0.15) is 17.3 Å². The third-order valence-electron chi connectivity index (χ3n) is 5.61. The molecule has 8 nitrogen and oxygen atoms in total. The fourth-order valence-corrected chi connectivity index (χ4v) is 5.43. The van der Waals surface area contributed by atoms with Crippen molar-refractivity contribution in [3.05, 3.63) is 41.0 Å². The molecule has 158 valence electrons. The zero-order chi connectivity index (χ0) is 20.6. The Labute approximate surface area is 171 Å². The molecule has 0 aliphatic carbocycles. The fraction of sp³-hybridized carbons (Fsp3) is 0.550. The predicted octanol–water partition coefficient (Wildman–Crippen LogP) is 2.23. The Hall–Kier alpha value is -2.10. The first-order chi connectivity index (χ1) is 13.8. The Morgan fingerprint density at radius 1 is 1.00 bits per heavy atom. The molecule has 0 spiro atoms. The number of hydrogen-bond acceptors (Lipinski definition) is 6. The normalized spacial score (nSPS) is 19.2. The minimum atomic E-state index is -3.53. The van der Waals surface area contributed by atoms with Gasteiger partial charge in [0.25, 0.3) is 15.9 Å². The van der Waals surface area contributed by atoms with Gasteiger partial charge in [0.15, 0.2) is 0 Å². The van der Waals surface area contributed by atoms with E-state index in [4.69, 9.17) is 8.83 Å². The van der Waals surface area contributed by atoms with E-state index in [1.54, 1.807) is 25.1 Å². The van der Waals surface area contributed by atoms with Gasteiger partial charge in [0.05, 0.1) is 12.1 Å². The van der Waals surface area contributed by atoms with E-state index in [2.05, 4.69) is 4.90 Å². The highest BCUT2D eigenvalue weighted by molar-refractivity contribution is 7.89. The molecule has 0 aromatic carbocycles. The van der Waals surface area contributed by atoms with Crippen molar-refractivity contribution in [3.8, 4) is 0 Å². The van der Waals surface area contributed by atoms with Crippen LogP contribution in [0.5, 0.6) is 0 Å². The van der Waals surface area contributed by atoms with Crippen molar-refractivity contribution < 1.29 is 22.0 Å². The maximum atomic E-state index is 12.7. The monoisotopic (exact) mass is 421 g/mol. The van der Waals surface area contributed by atoms with Crippen molar-refractivity contribution in [2.75, 3.05) is 39.3 Å². The molecule has 2 saturated heterocycles. The van der Waals surface area contributed by atoms with Crippen molar-refractivity contribution in [2.24, 2.45) is 0 Å². The zero-order valence-corrected chi connectivity index (χ0v) is 17.7. The van der Waals surface area contributed by atoms with Gasteiger partial charge in [-0.25, -0.2) is 8.42 Å². The van der Waals surface area contributed by atoms with E-state index >= 15 is 0 Å². The van der Waals surface area contributed by atoms with Gasteiger partial charge in [-0.15, -0.1) is 0 Å². The summed E-state index contributed by atoms with van der Waals surface area (Å²) in [6.07, 6.45) is 1.79. The number of carbonyl (C=O) groups is 1. The number of amides is 1. The fourth-order valence-electron chi connectivity index (χ4n) is 3.98. The van der Waals surface area contributed by atoms with E-state index < -0.39 is 10.0 Å². The first-order valence-corrected chi connectivity index (χ1v) is 11.5. The number of piperazine rings is 1. The maximum absolute atomic E-state index is 12.7. The van der Waals surface area contributed by atoms with Crippen molar-refractivity contribution in [1.29, 1.82) is 0 Å². The molecular formula is C20H27N3O5S. The smallest absolute Gasteiger partial charge is 0.276 e. The molecule has 0 saturated carbocycles. The van der Waals surface area contributed by atoms with Crippen LogP contribution in [0.15, 0.2) is 32.1 Å². The van der Waals surface area contributed by atoms with Crippen LogP contribution in [0.3, 0.4) is 0 Å². The van der Waals surface area contributed by atoms with Crippen LogP contribution in [-0.2, 0) is 16.6 Å². The Bertz CT molecular complexity index is 980. The summed E-state index contributed by atoms with van der Waals surface area (Å²) in [7, 11) is -3.53. The number of furan rings is 2. The van der Waals surface area contributed by atoms with Gasteiger partial charge in [-0.05, 0) is 44.9 Å². The van der Waals surface area contributed by atoms with E-state index in [9.17, 15) is 13.2 Å². The van der Waals surface area contributed by atoms with Crippen molar-refractivity contribution in [3.63, 3.8) is 0 Å². The second-order valence-electron chi connectivity index (χ2n) is 7.73. The Kier molecular flexibility index (Phi) is 5.54. The molecule has 2 aromatic rings. The lowest BCUT2D eigenvalue weighted by atomic mass is 10.2. The molecule has 9 heteroatoms. The summed E-state index contributed by atoms with van der Waals surface area (Å²) in [5, 5.41) is 0.0222. The van der Waals surface area contributed by atoms with Crippen LogP contribution < -0.4 is 0 Å². The SMILES string of the molecule is Cc1cc(C(=O)N2CCN(Cc3ccc(S(=O)(=O)N4CCCC4)o3)CC2)c(C)o1. The van der Waals surface area contributed by atoms with E-state index in [1.165, 1.54) is 4.31 Å². The summed E-state index contributed by atoms with van der Waals surface area (Å²) in [4.78, 5) is 16.7. The average Bonchev–Trinajstić information content (AvgIpc) is 3.43. The van der Waals surface area contributed by atoms with Gasteiger partial charge >= 0.3 is 0 Å². The van der Waals surface area contributed by atoms with Gasteiger partial charge in [0.2, 0.25) is 5.09 Å². The molecule has 0 radical (unpaired) electrons. The van der Waals surface area contributed by atoms with Gasteiger partial charge in [-0.1, -0.05) is 0 Å². The van der Waals surface area contributed by atoms with Crippen LogP contribution in [0.25, 0.3) is 0 Å². The van der Waals surface area contributed by atoms with Crippen LogP contribution in [0, 0.1) is 13.8 Å². The summed E-state index contributed by atoms with van der Waals surface area (Å²) in [5.74, 6) is 2.01. The lowest BCUT2D eigenvalue weighted by Gasteiger charge is -2.34. The number of carbonyl (C=O) groups excluding carboxylic acids is 1. The molecule has 0 unspecified atom stereocenters. The molecule has 4 rings (SSSR count). The first-order valence-electron chi connectivity index (χ1n) is 10.0. The van der Waals surface area contributed by atoms with Crippen molar-refractivity contribution in [1.82, 2.24) is 14.1 Å². The quantitative estimate of drug-likeness (QED) is 0.736. The summed E-state index contributed by atoms with van der Waals surface area (Å²) in [6.45, 7) is 7.93. The summed E-state index contributed by atoms with van der Waals surface area (Å²) < 4.78 is 37.8. The number of sulfonamides is 1. The standard InChI is InChI=1S/C20H27N3O5S/c1-15-13-18(16(2)27-15)20(24)22-11-9-21(10-12-22)14-17-5-6-19(28-17)29(25,26)23-7-3-4-8-23/h5-6,13H,3-4,7-12,14H2,1-2H3. The molecule has 0 atom stereocenters. The molecule has 0 N–H and O–H groups in total. The molecule has 4 heterocycles. The third-order valence-corrected chi connectivity index (χ3v) is 7.38. The third kappa shape index (κ3) is 4.12. The molecule has 29 heavy (non-hydrogen) atoms. The van der Waals surface area contributed by atoms with Crippen LogP contribution in [-0.4, -0.2) is 67.7 Å². The first kappa shape index (κ1) is 20.2. The second kappa shape index (κ2) is 7.97. The molecule has 2 aliphatic heterocycles. The molecule has 2 aromatic heterocycles. The van der Waals surface area contributed by atoms with E-state index in [-0.39, 0.29) is 11.0 Å². The van der Waals surface area contributed by atoms with E-state index in [0.717, 1.165) is 18.6 Å². The van der Waals surface area contributed by atoms with Gasteiger partial charge in [-0.3, -0.25) is 9.69 Å². The molecule has 0 bridgehead atoms. The molecular weight excluding hydrogens is 394 g/mol. The lowest BCUT2D eigenvalue weighted by Crippen LogP contribution is -2.48. The Balaban J connectivity index is 1.34. The van der Waals surface area contributed by atoms with Crippen LogP contribution in [0.2, 0.25) is 0 Å². The topological polar surface area (TPSA) is 87.2 Å². The zero-order valence-electron chi connectivity index (χ0n) is 16.9. The van der Waals surface area contributed by atoms with E-state index in [1.807, 2.05) is 11.8 Å². The average molecular weight is 422 g/mol. The largest absolute Gasteiger partial charge is 0.466 e. The highest BCUT2D eigenvalue weighted by Gasteiger charge is 2.30. The summed E-state index contributed by atoms with van der Waals surface area (Å²) >= 11 is 0. The van der Waals surface area contributed by atoms with Crippen LogP contribution >= 0.6 is 0 Å². The highest BCUT2D eigenvalue weighted by atomic mass is 32.2.